The van der Waals surface area contributed by atoms with E-state index in [1.807, 2.05) is 25.5 Å². The van der Waals surface area contributed by atoms with Crippen LogP contribution >= 0.6 is 0 Å². The average Bonchev–Trinajstić information content (AvgIpc) is 2.55. The van der Waals surface area contributed by atoms with Crippen LogP contribution in [-0.2, 0) is 17.8 Å². The van der Waals surface area contributed by atoms with Gasteiger partial charge in [0.2, 0.25) is 5.91 Å². The molecular formula is C16H29N3O. The molecule has 0 bridgehead atoms. The number of carbonyl (C=O) groups excluding carboxylic acids is 1. The van der Waals surface area contributed by atoms with E-state index in [4.69, 9.17) is 0 Å². The van der Waals surface area contributed by atoms with Gasteiger partial charge in [0.15, 0.2) is 0 Å². The molecule has 1 N–H and O–H groups in total. The minimum Gasteiger partial charge on any atom is -0.351 e. The highest BCUT2D eigenvalue weighted by molar-refractivity contribution is 5.79. The molecule has 0 aliphatic heterocycles. The summed E-state index contributed by atoms with van der Waals surface area (Å²) < 4.78 is 2.02. The molecule has 1 rings (SSSR count). The van der Waals surface area contributed by atoms with Crippen LogP contribution < -0.4 is 5.32 Å². The molecule has 0 saturated heterocycles. The van der Waals surface area contributed by atoms with Gasteiger partial charge in [0.05, 0.1) is 12.1 Å². The smallest absolute Gasteiger partial charge is 0.224 e. The number of amides is 1. The van der Waals surface area contributed by atoms with Crippen molar-refractivity contribution in [2.45, 2.75) is 73.4 Å². The van der Waals surface area contributed by atoms with Crippen LogP contribution in [0, 0.1) is 19.8 Å². The second-order valence-corrected chi connectivity index (χ2v) is 6.69. The van der Waals surface area contributed by atoms with Crippen LogP contribution in [0.2, 0.25) is 0 Å². The van der Waals surface area contributed by atoms with Crippen molar-refractivity contribution in [2.75, 3.05) is 0 Å². The molecule has 1 aromatic heterocycles. The van der Waals surface area contributed by atoms with Crippen molar-refractivity contribution in [1.82, 2.24) is 15.1 Å². The highest BCUT2D eigenvalue weighted by Crippen LogP contribution is 2.16. The molecule has 0 atom stereocenters. The molecule has 0 aromatic carbocycles. The molecule has 0 spiro atoms. The first kappa shape index (κ1) is 16.7. The predicted octanol–water partition coefficient (Wildman–Crippen LogP) is 3.00. The first-order chi connectivity index (χ1) is 9.16. The fourth-order valence-electron chi connectivity index (χ4n) is 2.18. The molecule has 0 radical (unpaired) electrons. The minimum atomic E-state index is -0.146. The molecule has 0 unspecified atom stereocenters. The lowest BCUT2D eigenvalue weighted by molar-refractivity contribution is -0.122. The zero-order valence-corrected chi connectivity index (χ0v) is 14.0. The number of aromatic nitrogens is 2. The molecule has 1 heterocycles. The molecule has 0 aliphatic rings. The van der Waals surface area contributed by atoms with Gasteiger partial charge >= 0.3 is 0 Å². The van der Waals surface area contributed by atoms with E-state index >= 15 is 0 Å². The third kappa shape index (κ3) is 4.36. The van der Waals surface area contributed by atoms with Crippen LogP contribution in [0.4, 0.5) is 0 Å². The maximum absolute atomic E-state index is 12.2. The Morgan fingerprint density at radius 1 is 1.35 bits per heavy atom. The summed E-state index contributed by atoms with van der Waals surface area (Å²) in [5, 5.41) is 7.64. The summed E-state index contributed by atoms with van der Waals surface area (Å²) in [6.45, 7) is 15.5. The Labute approximate surface area is 122 Å². The van der Waals surface area contributed by atoms with E-state index in [-0.39, 0.29) is 11.4 Å². The van der Waals surface area contributed by atoms with Gasteiger partial charge in [-0.1, -0.05) is 20.8 Å². The SMILES string of the molecule is CCC(C)(C)NC(=O)Cc1c(C)nn(CC(C)C)c1C. The van der Waals surface area contributed by atoms with Gasteiger partial charge in [-0.2, -0.15) is 5.10 Å². The Morgan fingerprint density at radius 3 is 2.45 bits per heavy atom. The number of nitrogens with zero attached hydrogens (tertiary/aromatic N) is 2. The quantitative estimate of drug-likeness (QED) is 0.870. The van der Waals surface area contributed by atoms with E-state index in [0.29, 0.717) is 12.3 Å². The molecule has 20 heavy (non-hydrogen) atoms. The van der Waals surface area contributed by atoms with E-state index in [9.17, 15) is 4.79 Å². The minimum absolute atomic E-state index is 0.0761. The van der Waals surface area contributed by atoms with Crippen molar-refractivity contribution < 1.29 is 4.79 Å². The Morgan fingerprint density at radius 2 is 1.95 bits per heavy atom. The van der Waals surface area contributed by atoms with Crippen LogP contribution in [-0.4, -0.2) is 21.2 Å². The fourth-order valence-corrected chi connectivity index (χ4v) is 2.18. The molecule has 4 heteroatoms. The van der Waals surface area contributed by atoms with Crippen LogP contribution in [0.5, 0.6) is 0 Å². The Kier molecular flexibility index (Phi) is 5.37. The third-order valence-corrected chi connectivity index (χ3v) is 3.77. The largest absolute Gasteiger partial charge is 0.351 e. The van der Waals surface area contributed by atoms with E-state index in [0.717, 1.165) is 29.9 Å². The summed E-state index contributed by atoms with van der Waals surface area (Å²) in [6, 6.07) is 0. The predicted molar refractivity (Wildman–Crippen MR) is 82.8 cm³/mol. The maximum Gasteiger partial charge on any atom is 0.224 e. The maximum atomic E-state index is 12.2. The summed E-state index contributed by atoms with van der Waals surface area (Å²) in [5.74, 6) is 0.626. The van der Waals surface area contributed by atoms with Gasteiger partial charge in [-0.3, -0.25) is 9.48 Å². The number of carbonyl (C=O) groups is 1. The molecule has 0 aliphatic carbocycles. The van der Waals surface area contributed by atoms with Gasteiger partial charge in [0, 0.05) is 23.3 Å². The summed E-state index contributed by atoms with van der Waals surface area (Å²) >= 11 is 0. The van der Waals surface area contributed by atoms with Crippen LogP contribution in [0.15, 0.2) is 0 Å². The molecule has 4 nitrogen and oxygen atoms in total. The van der Waals surface area contributed by atoms with Gasteiger partial charge < -0.3 is 5.32 Å². The Balaban J connectivity index is 2.83. The molecule has 1 amide bonds. The van der Waals surface area contributed by atoms with Crippen LogP contribution in [0.1, 0.15) is 58.0 Å². The van der Waals surface area contributed by atoms with Crippen LogP contribution in [0.25, 0.3) is 0 Å². The van der Waals surface area contributed by atoms with Crippen molar-refractivity contribution in [2.24, 2.45) is 5.92 Å². The lowest BCUT2D eigenvalue weighted by Crippen LogP contribution is -2.43. The molecule has 0 fully saturated rings. The molecule has 0 saturated carbocycles. The van der Waals surface area contributed by atoms with Crippen molar-refractivity contribution in [1.29, 1.82) is 0 Å². The lowest BCUT2D eigenvalue weighted by atomic mass is 10.0. The first-order valence-corrected chi connectivity index (χ1v) is 7.50. The lowest BCUT2D eigenvalue weighted by Gasteiger charge is -2.24. The van der Waals surface area contributed by atoms with Gasteiger partial charge in [-0.15, -0.1) is 0 Å². The van der Waals surface area contributed by atoms with E-state index in [1.54, 1.807) is 0 Å². The van der Waals surface area contributed by atoms with Crippen molar-refractivity contribution in [3.63, 3.8) is 0 Å². The molecule has 1 aromatic rings. The Bertz CT molecular complexity index is 472. The number of nitrogens with one attached hydrogen (secondary N) is 1. The second-order valence-electron chi connectivity index (χ2n) is 6.69. The standard InChI is InChI=1S/C16H29N3O/c1-8-16(6,7)17-15(20)9-14-12(4)18-19(13(14)5)10-11(2)3/h11H,8-10H2,1-7H3,(H,17,20). The zero-order valence-electron chi connectivity index (χ0n) is 14.0. The van der Waals surface area contributed by atoms with E-state index < -0.39 is 0 Å². The van der Waals surface area contributed by atoms with Crippen molar-refractivity contribution >= 4 is 5.91 Å². The fraction of sp³-hybridized carbons (Fsp3) is 0.750. The zero-order chi connectivity index (χ0) is 15.5. The summed E-state index contributed by atoms with van der Waals surface area (Å²) in [6.07, 6.45) is 1.34. The normalized spacial score (nSPS) is 12.0. The molecular weight excluding hydrogens is 250 g/mol. The second kappa shape index (κ2) is 6.42. The molecule has 114 valence electrons. The number of hydrogen-bond donors (Lipinski definition) is 1. The van der Waals surface area contributed by atoms with Gasteiger partial charge in [0.1, 0.15) is 0 Å². The third-order valence-electron chi connectivity index (χ3n) is 3.77. The van der Waals surface area contributed by atoms with Gasteiger partial charge in [-0.25, -0.2) is 0 Å². The highest BCUT2D eigenvalue weighted by Gasteiger charge is 2.20. The number of rotatable bonds is 6. The summed E-state index contributed by atoms with van der Waals surface area (Å²) in [5.41, 5.74) is 3.00. The van der Waals surface area contributed by atoms with Gasteiger partial charge in [-0.05, 0) is 40.0 Å². The highest BCUT2D eigenvalue weighted by atomic mass is 16.1. The average molecular weight is 279 g/mol. The van der Waals surface area contributed by atoms with E-state index in [1.165, 1.54) is 0 Å². The topological polar surface area (TPSA) is 46.9 Å². The van der Waals surface area contributed by atoms with Crippen molar-refractivity contribution in [3.8, 4) is 0 Å². The Hall–Kier alpha value is -1.32. The number of aryl methyl sites for hydroxylation is 1. The summed E-state index contributed by atoms with van der Waals surface area (Å²) in [4.78, 5) is 12.2. The first-order valence-electron chi connectivity index (χ1n) is 7.50. The van der Waals surface area contributed by atoms with Crippen LogP contribution in [0.3, 0.4) is 0 Å². The van der Waals surface area contributed by atoms with E-state index in [2.05, 4.69) is 38.1 Å². The summed E-state index contributed by atoms with van der Waals surface area (Å²) in [7, 11) is 0. The number of hydrogen-bond acceptors (Lipinski definition) is 2. The van der Waals surface area contributed by atoms with Gasteiger partial charge in [0.25, 0.3) is 0 Å². The van der Waals surface area contributed by atoms with Crippen molar-refractivity contribution in [3.05, 3.63) is 17.0 Å². The monoisotopic (exact) mass is 279 g/mol.